The molecule has 0 radical (unpaired) electrons. The third-order valence-corrected chi connectivity index (χ3v) is 4.33. The SMILES string of the molecule is Cc1cc(C2(C(=O)Nc3cccc(OCC(=O)O)c3)CCOCC2)on1. The predicted octanol–water partition coefficient (Wildman–Crippen LogP) is 2.13. The molecule has 2 aromatic rings. The number of aryl methyl sites for hydroxylation is 1. The Balaban J connectivity index is 1.80. The molecule has 1 aromatic carbocycles. The summed E-state index contributed by atoms with van der Waals surface area (Å²) in [6, 6.07) is 8.38. The minimum Gasteiger partial charge on any atom is -0.482 e. The van der Waals surface area contributed by atoms with Gasteiger partial charge in [0, 0.05) is 31.0 Å². The smallest absolute Gasteiger partial charge is 0.341 e. The lowest BCUT2D eigenvalue weighted by molar-refractivity contribution is -0.139. The fourth-order valence-electron chi connectivity index (χ4n) is 2.95. The van der Waals surface area contributed by atoms with Crippen molar-refractivity contribution in [3.8, 4) is 5.75 Å². The molecule has 3 rings (SSSR count). The average Bonchev–Trinajstić information content (AvgIpc) is 3.08. The van der Waals surface area contributed by atoms with Gasteiger partial charge in [-0.2, -0.15) is 0 Å². The van der Waals surface area contributed by atoms with Crippen molar-refractivity contribution < 1.29 is 28.7 Å². The number of nitrogens with one attached hydrogen (secondary N) is 1. The Bertz CT molecular complexity index is 794. The molecule has 138 valence electrons. The highest BCUT2D eigenvalue weighted by molar-refractivity contribution is 5.99. The number of nitrogens with zero attached hydrogens (tertiary/aromatic N) is 1. The molecule has 0 bridgehead atoms. The topological polar surface area (TPSA) is 111 Å². The molecule has 1 saturated heterocycles. The average molecular weight is 360 g/mol. The van der Waals surface area contributed by atoms with Gasteiger partial charge < -0.3 is 24.4 Å². The van der Waals surface area contributed by atoms with Crippen molar-refractivity contribution in [1.29, 1.82) is 0 Å². The monoisotopic (exact) mass is 360 g/mol. The minimum atomic E-state index is -1.07. The summed E-state index contributed by atoms with van der Waals surface area (Å²) in [5.41, 5.74) is 0.375. The van der Waals surface area contributed by atoms with Crippen molar-refractivity contribution in [1.82, 2.24) is 5.16 Å². The number of aromatic nitrogens is 1. The molecule has 0 unspecified atom stereocenters. The van der Waals surface area contributed by atoms with Crippen LogP contribution in [0.5, 0.6) is 5.75 Å². The van der Waals surface area contributed by atoms with E-state index in [1.54, 1.807) is 37.3 Å². The number of carbonyl (C=O) groups is 2. The van der Waals surface area contributed by atoms with Crippen molar-refractivity contribution in [2.45, 2.75) is 25.2 Å². The van der Waals surface area contributed by atoms with Crippen molar-refractivity contribution >= 4 is 17.6 Å². The number of carbonyl (C=O) groups excluding carboxylic acids is 1. The Morgan fingerprint density at radius 2 is 2.08 bits per heavy atom. The second-order valence-corrected chi connectivity index (χ2v) is 6.19. The van der Waals surface area contributed by atoms with Crippen molar-refractivity contribution in [3.63, 3.8) is 0 Å². The van der Waals surface area contributed by atoms with E-state index in [2.05, 4.69) is 10.5 Å². The molecule has 1 aromatic heterocycles. The van der Waals surface area contributed by atoms with Crippen LogP contribution >= 0.6 is 0 Å². The highest BCUT2D eigenvalue weighted by Crippen LogP contribution is 2.36. The van der Waals surface area contributed by atoms with E-state index in [1.807, 2.05) is 0 Å². The van der Waals surface area contributed by atoms with Gasteiger partial charge in [-0.25, -0.2) is 4.79 Å². The van der Waals surface area contributed by atoms with Gasteiger partial charge in [-0.15, -0.1) is 0 Å². The first-order valence-electron chi connectivity index (χ1n) is 8.27. The number of ether oxygens (including phenoxy) is 2. The highest BCUT2D eigenvalue weighted by Gasteiger charge is 2.45. The van der Waals surface area contributed by atoms with E-state index in [4.69, 9.17) is 19.1 Å². The lowest BCUT2D eigenvalue weighted by Gasteiger charge is -2.33. The van der Waals surface area contributed by atoms with Crippen LogP contribution in [0.15, 0.2) is 34.9 Å². The molecule has 0 saturated carbocycles. The predicted molar refractivity (Wildman–Crippen MR) is 91.2 cm³/mol. The summed E-state index contributed by atoms with van der Waals surface area (Å²) in [5.74, 6) is -0.399. The molecule has 0 spiro atoms. The number of aliphatic carboxylic acids is 1. The van der Waals surface area contributed by atoms with E-state index in [0.29, 0.717) is 48.9 Å². The minimum absolute atomic E-state index is 0.215. The second kappa shape index (κ2) is 7.57. The van der Waals surface area contributed by atoms with E-state index in [9.17, 15) is 9.59 Å². The summed E-state index contributed by atoms with van der Waals surface area (Å²) in [6.45, 7) is 2.26. The van der Waals surface area contributed by atoms with Gasteiger partial charge in [0.15, 0.2) is 12.4 Å². The van der Waals surface area contributed by atoms with Gasteiger partial charge in [0.05, 0.1) is 5.69 Å². The van der Waals surface area contributed by atoms with Crippen LogP contribution in [0.3, 0.4) is 0 Å². The molecule has 0 aliphatic carbocycles. The van der Waals surface area contributed by atoms with Crippen molar-refractivity contribution in [2.75, 3.05) is 25.1 Å². The molecule has 2 heterocycles. The zero-order valence-electron chi connectivity index (χ0n) is 14.4. The molecule has 8 nitrogen and oxygen atoms in total. The van der Waals surface area contributed by atoms with Crippen LogP contribution in [0.2, 0.25) is 0 Å². The Kier molecular flexibility index (Phi) is 5.22. The second-order valence-electron chi connectivity index (χ2n) is 6.19. The first kappa shape index (κ1) is 17.9. The summed E-state index contributed by atoms with van der Waals surface area (Å²) in [7, 11) is 0. The number of carboxylic acids is 1. The van der Waals surface area contributed by atoms with Crippen LogP contribution in [-0.4, -0.2) is 42.0 Å². The van der Waals surface area contributed by atoms with Crippen LogP contribution in [0.4, 0.5) is 5.69 Å². The first-order valence-corrected chi connectivity index (χ1v) is 8.27. The number of rotatable bonds is 6. The van der Waals surface area contributed by atoms with Gasteiger partial charge in [0.1, 0.15) is 11.2 Å². The molecule has 2 N–H and O–H groups in total. The zero-order chi connectivity index (χ0) is 18.6. The van der Waals surface area contributed by atoms with Crippen molar-refractivity contribution in [3.05, 3.63) is 41.8 Å². The molecule has 0 atom stereocenters. The third-order valence-electron chi connectivity index (χ3n) is 4.33. The number of carboxylic acid groups (broad SMARTS) is 1. The zero-order valence-corrected chi connectivity index (χ0v) is 14.4. The van der Waals surface area contributed by atoms with Gasteiger partial charge in [-0.05, 0) is 31.9 Å². The van der Waals surface area contributed by atoms with E-state index in [1.165, 1.54) is 0 Å². The van der Waals surface area contributed by atoms with Crippen LogP contribution in [-0.2, 0) is 19.7 Å². The summed E-state index contributed by atoms with van der Waals surface area (Å²) in [6.07, 6.45) is 0.978. The summed E-state index contributed by atoms with van der Waals surface area (Å²) >= 11 is 0. The molecule has 1 amide bonds. The lowest BCUT2D eigenvalue weighted by Crippen LogP contribution is -2.44. The third kappa shape index (κ3) is 3.85. The van der Waals surface area contributed by atoms with E-state index in [0.717, 1.165) is 0 Å². The van der Waals surface area contributed by atoms with Gasteiger partial charge in [0.2, 0.25) is 5.91 Å². The molecule has 26 heavy (non-hydrogen) atoms. The van der Waals surface area contributed by atoms with Gasteiger partial charge in [0.25, 0.3) is 0 Å². The standard InChI is InChI=1S/C18H20N2O6/c1-12-9-15(26-20-12)18(5-7-24-8-6-18)17(23)19-13-3-2-4-14(10-13)25-11-16(21)22/h2-4,9-10H,5-8,11H2,1H3,(H,19,23)(H,21,22). The largest absolute Gasteiger partial charge is 0.482 e. The molecule has 1 fully saturated rings. The fraction of sp³-hybridized carbons (Fsp3) is 0.389. The normalized spacial score (nSPS) is 16.0. The van der Waals surface area contributed by atoms with E-state index >= 15 is 0 Å². The Labute approximate surface area is 150 Å². The molecular weight excluding hydrogens is 340 g/mol. The quantitative estimate of drug-likeness (QED) is 0.812. The fourth-order valence-corrected chi connectivity index (χ4v) is 2.95. The Morgan fingerprint density at radius 1 is 1.31 bits per heavy atom. The van der Waals surface area contributed by atoms with Gasteiger partial charge in [-0.3, -0.25) is 4.79 Å². The number of amides is 1. The van der Waals surface area contributed by atoms with Crippen LogP contribution < -0.4 is 10.1 Å². The summed E-state index contributed by atoms with van der Waals surface area (Å²) in [5, 5.41) is 15.5. The number of hydrogen-bond donors (Lipinski definition) is 2. The summed E-state index contributed by atoms with van der Waals surface area (Å²) in [4.78, 5) is 23.7. The maximum atomic E-state index is 13.1. The molecule has 1 aliphatic rings. The van der Waals surface area contributed by atoms with Gasteiger partial charge >= 0.3 is 5.97 Å². The molecular formula is C18H20N2O6. The van der Waals surface area contributed by atoms with E-state index in [-0.39, 0.29) is 5.91 Å². The van der Waals surface area contributed by atoms with Crippen LogP contribution in [0.25, 0.3) is 0 Å². The molecule has 1 aliphatic heterocycles. The molecule has 8 heteroatoms. The Hall–Kier alpha value is -2.87. The van der Waals surface area contributed by atoms with Crippen molar-refractivity contribution in [2.24, 2.45) is 0 Å². The number of benzene rings is 1. The van der Waals surface area contributed by atoms with Gasteiger partial charge in [-0.1, -0.05) is 11.2 Å². The Morgan fingerprint density at radius 3 is 2.73 bits per heavy atom. The van der Waals surface area contributed by atoms with Crippen LogP contribution in [0, 0.1) is 6.92 Å². The maximum absolute atomic E-state index is 13.1. The number of hydrogen-bond acceptors (Lipinski definition) is 6. The van der Waals surface area contributed by atoms with Crippen LogP contribution in [0.1, 0.15) is 24.3 Å². The highest BCUT2D eigenvalue weighted by atomic mass is 16.5. The first-order chi connectivity index (χ1) is 12.5. The lowest BCUT2D eigenvalue weighted by atomic mass is 9.77. The number of anilines is 1. The summed E-state index contributed by atoms with van der Waals surface area (Å²) < 4.78 is 16.0. The maximum Gasteiger partial charge on any atom is 0.341 e. The van der Waals surface area contributed by atoms with E-state index < -0.39 is 18.0 Å².